The minimum absolute atomic E-state index is 0.0252. The van der Waals surface area contributed by atoms with Gasteiger partial charge in [-0.15, -0.1) is 0 Å². The molecule has 0 bridgehead atoms. The van der Waals surface area contributed by atoms with Crippen molar-refractivity contribution in [3.63, 3.8) is 0 Å². The number of urea groups is 1. The van der Waals surface area contributed by atoms with Crippen LogP contribution >= 0.6 is 0 Å². The SMILES string of the molecule is Cc1c[nH]c(=O)n1-c1ccccc1NC(=O)N(Cc1cccnc1)CC1CCCO1. The molecule has 3 aromatic rings. The van der Waals surface area contributed by atoms with Crippen LogP contribution in [0.3, 0.4) is 0 Å². The Hall–Kier alpha value is -3.39. The van der Waals surface area contributed by atoms with Gasteiger partial charge >= 0.3 is 11.7 Å². The molecule has 1 fully saturated rings. The number of aryl methyl sites for hydroxylation is 1. The van der Waals surface area contributed by atoms with E-state index in [0.717, 1.165) is 30.7 Å². The molecular weight excluding hydrogens is 382 g/mol. The van der Waals surface area contributed by atoms with Crippen molar-refractivity contribution in [3.05, 3.63) is 76.7 Å². The molecule has 2 N–H and O–H groups in total. The highest BCUT2D eigenvalue weighted by Gasteiger charge is 2.24. The summed E-state index contributed by atoms with van der Waals surface area (Å²) < 4.78 is 7.29. The molecule has 3 heterocycles. The van der Waals surface area contributed by atoms with Crippen LogP contribution in [0.2, 0.25) is 0 Å². The Morgan fingerprint density at radius 2 is 2.20 bits per heavy atom. The maximum absolute atomic E-state index is 13.2. The predicted octanol–water partition coefficient (Wildman–Crippen LogP) is 3.08. The summed E-state index contributed by atoms with van der Waals surface area (Å²) in [6, 6.07) is 10.8. The number of aromatic nitrogens is 3. The van der Waals surface area contributed by atoms with Gasteiger partial charge in [0.15, 0.2) is 0 Å². The van der Waals surface area contributed by atoms with Gasteiger partial charge in [0, 0.05) is 44.0 Å². The molecule has 0 spiro atoms. The smallest absolute Gasteiger partial charge is 0.330 e. The van der Waals surface area contributed by atoms with Crippen LogP contribution in [0.25, 0.3) is 5.69 Å². The molecule has 2 aromatic heterocycles. The maximum Gasteiger partial charge on any atom is 0.330 e. The summed E-state index contributed by atoms with van der Waals surface area (Å²) in [6.07, 6.45) is 7.08. The fourth-order valence-electron chi connectivity index (χ4n) is 3.69. The van der Waals surface area contributed by atoms with Crippen LogP contribution in [0.15, 0.2) is 59.8 Å². The van der Waals surface area contributed by atoms with Crippen molar-refractivity contribution in [2.24, 2.45) is 0 Å². The summed E-state index contributed by atoms with van der Waals surface area (Å²) in [4.78, 5) is 34.0. The number of imidazole rings is 1. The second kappa shape index (κ2) is 8.96. The van der Waals surface area contributed by atoms with Crippen molar-refractivity contribution in [1.82, 2.24) is 19.4 Å². The van der Waals surface area contributed by atoms with E-state index in [1.165, 1.54) is 0 Å². The van der Waals surface area contributed by atoms with Crippen LogP contribution < -0.4 is 11.0 Å². The summed E-state index contributed by atoms with van der Waals surface area (Å²) in [5.74, 6) is 0. The Morgan fingerprint density at radius 3 is 2.90 bits per heavy atom. The topological polar surface area (TPSA) is 92.2 Å². The van der Waals surface area contributed by atoms with Gasteiger partial charge in [-0.3, -0.25) is 9.55 Å². The molecular formula is C22H25N5O3. The van der Waals surface area contributed by atoms with Crippen molar-refractivity contribution < 1.29 is 9.53 Å². The molecule has 1 saturated heterocycles. The van der Waals surface area contributed by atoms with Crippen LogP contribution in [0.1, 0.15) is 24.1 Å². The lowest BCUT2D eigenvalue weighted by atomic mass is 10.2. The van der Waals surface area contributed by atoms with Crippen LogP contribution in [0, 0.1) is 6.92 Å². The average Bonchev–Trinajstić information content (AvgIpc) is 3.38. The number of para-hydroxylation sites is 2. The minimum atomic E-state index is -0.249. The summed E-state index contributed by atoms with van der Waals surface area (Å²) in [5, 5.41) is 2.98. The Bertz CT molecular complexity index is 1050. The van der Waals surface area contributed by atoms with E-state index in [2.05, 4.69) is 15.3 Å². The average molecular weight is 407 g/mol. The zero-order valence-corrected chi connectivity index (χ0v) is 16.9. The predicted molar refractivity (Wildman–Crippen MR) is 114 cm³/mol. The van der Waals surface area contributed by atoms with Crippen LogP contribution in [0.4, 0.5) is 10.5 Å². The summed E-state index contributed by atoms with van der Waals surface area (Å²) in [5.41, 5.74) is 2.63. The number of amides is 2. The van der Waals surface area contributed by atoms with Gasteiger partial charge in [0.2, 0.25) is 0 Å². The first-order valence-corrected chi connectivity index (χ1v) is 10.0. The normalized spacial score (nSPS) is 15.8. The number of H-pyrrole nitrogens is 1. The molecule has 156 valence electrons. The van der Waals surface area contributed by atoms with Gasteiger partial charge < -0.3 is 19.9 Å². The lowest BCUT2D eigenvalue weighted by Gasteiger charge is -2.26. The third kappa shape index (κ3) is 4.44. The summed E-state index contributed by atoms with van der Waals surface area (Å²) in [6.45, 7) is 3.48. The van der Waals surface area contributed by atoms with Gasteiger partial charge in [-0.2, -0.15) is 0 Å². The molecule has 1 atom stereocenters. The number of nitrogens with zero attached hydrogens (tertiary/aromatic N) is 3. The Morgan fingerprint density at radius 1 is 1.33 bits per heavy atom. The number of anilines is 1. The van der Waals surface area contributed by atoms with Gasteiger partial charge in [-0.25, -0.2) is 9.59 Å². The van der Waals surface area contributed by atoms with Crippen molar-refractivity contribution in [2.75, 3.05) is 18.5 Å². The lowest BCUT2D eigenvalue weighted by molar-refractivity contribution is 0.0819. The number of pyridine rings is 1. The van der Waals surface area contributed by atoms with Crippen LogP contribution in [-0.4, -0.2) is 44.7 Å². The van der Waals surface area contributed by atoms with E-state index in [-0.39, 0.29) is 17.8 Å². The zero-order valence-electron chi connectivity index (χ0n) is 16.9. The molecule has 1 aliphatic heterocycles. The fraction of sp³-hybridized carbons (Fsp3) is 0.318. The highest BCUT2D eigenvalue weighted by Crippen LogP contribution is 2.22. The summed E-state index contributed by atoms with van der Waals surface area (Å²) in [7, 11) is 0. The molecule has 1 aliphatic rings. The molecule has 30 heavy (non-hydrogen) atoms. The first kappa shape index (κ1) is 19.9. The largest absolute Gasteiger partial charge is 0.376 e. The van der Waals surface area contributed by atoms with Crippen molar-refractivity contribution in [2.45, 2.75) is 32.4 Å². The molecule has 0 radical (unpaired) electrons. The number of benzene rings is 1. The number of carbonyl (C=O) groups excluding carboxylic acids is 1. The number of hydrogen-bond acceptors (Lipinski definition) is 4. The van der Waals surface area contributed by atoms with E-state index in [9.17, 15) is 9.59 Å². The molecule has 1 unspecified atom stereocenters. The highest BCUT2D eigenvalue weighted by atomic mass is 16.5. The maximum atomic E-state index is 13.2. The second-order valence-electron chi connectivity index (χ2n) is 7.39. The quantitative estimate of drug-likeness (QED) is 0.657. The van der Waals surface area contributed by atoms with Crippen LogP contribution in [-0.2, 0) is 11.3 Å². The standard InChI is InChI=1S/C22H25N5O3/c1-16-12-24-21(28)27(16)20-9-3-2-8-19(20)25-22(29)26(15-18-7-5-11-30-18)14-17-6-4-10-23-13-17/h2-4,6,8-10,12-13,18H,5,7,11,14-15H2,1H3,(H,24,28)(H,25,29). The molecule has 4 rings (SSSR count). The minimum Gasteiger partial charge on any atom is -0.376 e. The van der Waals surface area contributed by atoms with E-state index < -0.39 is 0 Å². The molecule has 0 saturated carbocycles. The van der Waals surface area contributed by atoms with Crippen LogP contribution in [0.5, 0.6) is 0 Å². The van der Waals surface area contributed by atoms with Gasteiger partial charge in [0.1, 0.15) is 0 Å². The Labute approximate surface area is 174 Å². The van der Waals surface area contributed by atoms with Crippen molar-refractivity contribution in [3.8, 4) is 5.69 Å². The summed E-state index contributed by atoms with van der Waals surface area (Å²) >= 11 is 0. The molecule has 8 nitrogen and oxygen atoms in total. The number of carbonyl (C=O) groups is 1. The number of aromatic amines is 1. The number of hydrogen-bond donors (Lipinski definition) is 2. The van der Waals surface area contributed by atoms with E-state index in [4.69, 9.17) is 4.74 Å². The van der Waals surface area contributed by atoms with E-state index >= 15 is 0 Å². The van der Waals surface area contributed by atoms with Crippen molar-refractivity contribution in [1.29, 1.82) is 0 Å². The third-order valence-electron chi connectivity index (χ3n) is 5.18. The van der Waals surface area contributed by atoms with Gasteiger partial charge in [-0.05, 0) is 43.5 Å². The van der Waals surface area contributed by atoms with Gasteiger partial charge in [0.25, 0.3) is 0 Å². The second-order valence-corrected chi connectivity index (χ2v) is 7.39. The van der Waals surface area contributed by atoms with E-state index in [0.29, 0.717) is 24.5 Å². The number of rotatable bonds is 6. The monoisotopic (exact) mass is 407 g/mol. The first-order chi connectivity index (χ1) is 14.6. The number of ether oxygens (including phenoxy) is 1. The third-order valence-corrected chi connectivity index (χ3v) is 5.18. The zero-order chi connectivity index (χ0) is 20.9. The molecule has 1 aromatic carbocycles. The Balaban J connectivity index is 1.59. The highest BCUT2D eigenvalue weighted by molar-refractivity contribution is 5.91. The van der Waals surface area contributed by atoms with E-state index in [1.807, 2.05) is 37.3 Å². The lowest BCUT2D eigenvalue weighted by Crippen LogP contribution is -2.40. The van der Waals surface area contributed by atoms with E-state index in [1.54, 1.807) is 34.1 Å². The molecule has 2 amide bonds. The Kier molecular flexibility index (Phi) is 5.94. The van der Waals surface area contributed by atoms with Crippen molar-refractivity contribution >= 4 is 11.7 Å². The first-order valence-electron chi connectivity index (χ1n) is 10.0. The number of nitrogens with one attached hydrogen (secondary N) is 2. The van der Waals surface area contributed by atoms with Gasteiger partial charge in [0.05, 0.1) is 17.5 Å². The fourth-order valence-corrected chi connectivity index (χ4v) is 3.69. The molecule has 8 heteroatoms. The molecule has 0 aliphatic carbocycles. The van der Waals surface area contributed by atoms with Gasteiger partial charge in [-0.1, -0.05) is 18.2 Å².